The number of hydrogen-bond donors (Lipinski definition) is 9. The molecule has 14 heterocycles. The highest BCUT2D eigenvalue weighted by atomic mass is 32.2. The van der Waals surface area contributed by atoms with Gasteiger partial charge in [0.25, 0.3) is 0 Å². The highest BCUT2D eigenvalue weighted by molar-refractivity contribution is 7.99. The Balaban J connectivity index is 0.000000163. The first kappa shape index (κ1) is 100. The first-order valence-electron chi connectivity index (χ1n) is 44.4. The third-order valence-electron chi connectivity index (χ3n) is 30.0. The van der Waals surface area contributed by atoms with Gasteiger partial charge in [-0.25, -0.2) is 4.79 Å². The number of ketones is 2. The maximum Gasteiger partial charge on any atom is 0.331 e. The van der Waals surface area contributed by atoms with Crippen LogP contribution >= 0.6 is 11.8 Å². The number of fused-ring (bicyclic) bond motifs is 24. The monoisotopic (exact) mass is 1890 g/mol. The number of rotatable bonds is 13. The Kier molecular flexibility index (Phi) is 28.1. The van der Waals surface area contributed by atoms with Crippen LogP contribution in [-0.4, -0.2) is 266 Å². The number of phenolic OH excluding ortho intramolecular Hbond substituents is 4. The number of carbonyl (C=O) groups excluding carboxylic acids is 5. The van der Waals surface area contributed by atoms with Crippen molar-refractivity contribution in [3.05, 3.63) is 147 Å². The van der Waals surface area contributed by atoms with E-state index in [-0.39, 0.29) is 169 Å². The number of aromatic hydroxyl groups is 4. The van der Waals surface area contributed by atoms with E-state index in [0.29, 0.717) is 128 Å². The molecule has 35 heteroatoms. The summed E-state index contributed by atoms with van der Waals surface area (Å²) in [5.41, 5.74) is 19.1. The van der Waals surface area contributed by atoms with Crippen LogP contribution in [0.1, 0.15) is 200 Å². The number of ether oxygens (including phenoxy) is 13. The van der Waals surface area contributed by atoms with E-state index in [0.717, 1.165) is 62.9 Å². The summed E-state index contributed by atoms with van der Waals surface area (Å²) in [5.74, 6) is 3.15. The molecule has 0 radical (unpaired) electrons. The summed E-state index contributed by atoms with van der Waals surface area (Å²) in [6, 6.07) is 6.46. The zero-order valence-electron chi connectivity index (χ0n) is 76.7. The van der Waals surface area contributed by atoms with Gasteiger partial charge in [0, 0.05) is 130 Å². The Labute approximate surface area is 792 Å². The Morgan fingerprint density at radius 2 is 1.17 bits per heavy atom. The molecule has 1 aliphatic carbocycles. The molecule has 0 saturated carbocycles. The number of aliphatic hydroxyl groups is 2. The fourth-order valence-electron chi connectivity index (χ4n) is 24.5. The molecule has 135 heavy (non-hydrogen) atoms. The Hall–Kier alpha value is -10.9. The van der Waals surface area contributed by atoms with Gasteiger partial charge in [-0.05, 0) is 171 Å². The van der Waals surface area contributed by atoms with Crippen molar-refractivity contribution in [2.24, 2.45) is 5.73 Å². The third-order valence-corrected chi connectivity index (χ3v) is 31.5. The molecule has 0 aromatic heterocycles. The van der Waals surface area contributed by atoms with Crippen LogP contribution < -0.4 is 63.7 Å². The van der Waals surface area contributed by atoms with Crippen molar-refractivity contribution < 1.29 is 116 Å². The molecule has 34 nitrogen and oxygen atoms in total. The zero-order chi connectivity index (χ0) is 93.3. The number of nitrogens with one attached hydrogen (secondary N) is 2. The lowest BCUT2D eigenvalue weighted by Gasteiger charge is -2.62. The third kappa shape index (κ3) is 15.1. The van der Waals surface area contributed by atoms with Gasteiger partial charge in [0.1, 0.15) is 36.6 Å². The SMILES string of the molecule is C.C.C.C.CC[C@H]1c2c(c(O)c(C)c3c2OCO3)C[C@H]2C3c4c(cc(C)c(OC)c4OCOC)CC([C@H](C#N)N12)N3C.COC1=C(C)C(=O)C2=C(C1=O)[C@H](CNC(=O)[C@@H](C)N)N1[C@@H](O)C3Cc4cc(C)c(OC)c(O)c4C([C@@H]1C2)N3C.COc1cc2c(cc1O)CCN[C@@]21CS[C@@H]2c3c(OC(C)=O)c(C)c4c(c3[C@H](COC1=O)N1[C@@H]2C2c3c(cc(C)c(OC)c3O)CC([C@@H]1O)N2C)OCO4. The minimum Gasteiger partial charge on any atom is -0.507 e. The highest BCUT2D eigenvalue weighted by Crippen LogP contribution is 2.67. The molecule has 15 aliphatic rings. The minimum absolute atomic E-state index is 0. The van der Waals surface area contributed by atoms with Gasteiger partial charge in [-0.2, -0.15) is 5.26 Å². The van der Waals surface area contributed by atoms with E-state index in [2.05, 4.69) is 51.4 Å². The second-order valence-corrected chi connectivity index (χ2v) is 37.7. The van der Waals surface area contributed by atoms with Gasteiger partial charge in [0.15, 0.2) is 92.9 Å². The van der Waals surface area contributed by atoms with Gasteiger partial charge in [-0.1, -0.05) is 54.8 Å². The van der Waals surface area contributed by atoms with Crippen LogP contribution in [0.4, 0.5) is 0 Å². The number of piperazine rings is 3. The van der Waals surface area contributed by atoms with E-state index in [1.54, 1.807) is 40.2 Å². The quantitative estimate of drug-likeness (QED) is 0.0224. The molecular weight excluding hydrogens is 1760 g/mol. The number of likely N-dealkylation sites (N-methyl/N-ethyl adjacent to an activating group) is 3. The number of methoxy groups -OCH3 is 6. The van der Waals surface area contributed by atoms with Crippen molar-refractivity contribution in [2.45, 2.75) is 245 Å². The van der Waals surface area contributed by atoms with Crippen LogP contribution in [0, 0.1) is 45.9 Å². The largest absolute Gasteiger partial charge is 0.507 e. The number of hydrogen-bond acceptors (Lipinski definition) is 34. The van der Waals surface area contributed by atoms with Crippen molar-refractivity contribution in [1.29, 1.82) is 5.26 Å². The molecule has 6 aromatic rings. The van der Waals surface area contributed by atoms with Crippen LogP contribution in [0.15, 0.2) is 52.8 Å². The fraction of sp³-hybridized carbons (Fsp3) is 0.540. The van der Waals surface area contributed by atoms with Gasteiger partial charge < -0.3 is 103 Å². The summed E-state index contributed by atoms with van der Waals surface area (Å²) in [4.78, 5) is 80.1. The molecule has 1 amide bonds. The van der Waals surface area contributed by atoms with Gasteiger partial charge in [-0.3, -0.25) is 53.9 Å². The van der Waals surface area contributed by atoms with Crippen LogP contribution in [0.25, 0.3) is 0 Å². The molecular formula is C100H130N10O24S. The van der Waals surface area contributed by atoms with Gasteiger partial charge in [-0.15, -0.1) is 11.8 Å². The lowest BCUT2D eigenvalue weighted by Crippen LogP contribution is -2.71. The maximum atomic E-state index is 14.7. The Morgan fingerprint density at radius 3 is 1.76 bits per heavy atom. The second kappa shape index (κ2) is 37.9. The summed E-state index contributed by atoms with van der Waals surface area (Å²) >= 11 is 1.47. The second-order valence-electron chi connectivity index (χ2n) is 36.6. The molecule has 730 valence electrons. The normalized spacial score (nSPS) is 28.0. The standard InChI is InChI=1S/C39H43N3O11S.C29H35N3O6.C28H36N4O7.4CH4/c1-16-9-20-10-22-37(46)42-23-13-50-38(47)39(21-12-25(48-5)24(44)11-19(21)7-8-40-39)14-54-36(30(42)29(41(22)4)26(20)31(45)32(16)49-6)28-27(23)35-34(51-15-52-35)17(2)33(28)53-18(3)43;1-7-18-23-17(25(33)15(3)27-29(23)38-13-37-27)10-20-24-22-16(9-19(31(24)4)21(11-30)32(18)20)8-14(2)26(35-6)28(22)36-12-34-5;1-11-7-14-8-17-28(37)32-16(21(31(17)4)19(14)23(34)25(11)38-5)9-15-20(18(32)10-30-27(36)13(3)29)24(35)26(39-6)12(2)22(15)33;;;;/h9,11-12,22-23,29-30,36-37,40,44-46H,7-8,10,13-15H2,1-6H3;8,18-21,24,33H,7,9-10,12-13H2,1-6H3;7,13,16-18,21,28,34,37H,8-10,29H2,1-6H3,(H,30,36);4*1H4/t22?,23-,29?,30+,36+,37-,39-;18-,19?,20-,21-,24?;13-,16+,17?,18+,21?,28+;;;;/m001..../s1. The average Bonchev–Trinajstić information content (AvgIpc) is 1.57. The summed E-state index contributed by atoms with van der Waals surface area (Å²) in [6.45, 7) is 16.5. The van der Waals surface area contributed by atoms with Crippen LogP contribution in [0.2, 0.25) is 0 Å². The van der Waals surface area contributed by atoms with Gasteiger partial charge in [0.05, 0.1) is 95.2 Å². The van der Waals surface area contributed by atoms with E-state index < -0.39 is 89.2 Å². The highest BCUT2D eigenvalue weighted by Gasteiger charge is 2.64. The number of allylic oxidation sites excluding steroid dienone is 2. The summed E-state index contributed by atoms with van der Waals surface area (Å²) < 4.78 is 75.9. The smallest absolute Gasteiger partial charge is 0.331 e. The number of Topliss-reactive ketones (excluding diaryl/α,β-unsaturated/α-hetero) is 2. The lowest BCUT2D eigenvalue weighted by atomic mass is 9.71. The Bertz CT molecular complexity index is 5900. The number of nitrogens with two attached hydrogens (primary N) is 1. The molecule has 21 rings (SSSR count). The summed E-state index contributed by atoms with van der Waals surface area (Å²) in [7, 11) is 15.1. The molecule has 14 aliphatic heterocycles. The minimum atomic E-state index is -1.36. The molecule has 4 fully saturated rings. The molecule has 18 atom stereocenters. The average molecular weight is 1890 g/mol. The lowest BCUT2D eigenvalue weighted by molar-refractivity contribution is -0.186. The topological polar surface area (TPSA) is 420 Å². The molecule has 8 bridgehead atoms. The number of phenols is 4. The van der Waals surface area contributed by atoms with Gasteiger partial charge in [0.2, 0.25) is 25.3 Å². The number of carbonyl (C=O) groups is 5. The van der Waals surface area contributed by atoms with Crippen LogP contribution in [0.3, 0.4) is 0 Å². The summed E-state index contributed by atoms with van der Waals surface area (Å²) in [5, 5.41) is 86.2. The van der Waals surface area contributed by atoms with E-state index in [1.165, 1.54) is 52.7 Å². The number of nitriles is 1. The van der Waals surface area contributed by atoms with Crippen molar-refractivity contribution >= 4 is 41.2 Å². The van der Waals surface area contributed by atoms with Crippen molar-refractivity contribution in [1.82, 2.24) is 40.0 Å². The zero-order valence-corrected chi connectivity index (χ0v) is 77.6. The van der Waals surface area contributed by atoms with E-state index in [9.17, 15) is 59.9 Å². The number of amides is 1. The molecule has 10 N–H and O–H groups in total. The number of aliphatic hydroxyl groups excluding tert-OH is 2. The molecule has 1 spiro atoms. The van der Waals surface area contributed by atoms with Crippen LogP contribution in [0.5, 0.6) is 80.5 Å². The first-order chi connectivity index (χ1) is 62.7. The van der Waals surface area contributed by atoms with Crippen molar-refractivity contribution in [3.8, 4) is 86.6 Å². The van der Waals surface area contributed by atoms with E-state index in [4.69, 9.17) is 67.3 Å². The molecule has 4 saturated heterocycles. The van der Waals surface area contributed by atoms with E-state index in [1.807, 2.05) is 75.5 Å². The molecule has 6 aromatic carbocycles. The Morgan fingerprint density at radius 1 is 0.615 bits per heavy atom. The summed E-state index contributed by atoms with van der Waals surface area (Å²) in [6.07, 6.45) is 1.61. The fourth-order valence-corrected chi connectivity index (χ4v) is 26.2. The number of aryl methyl sites for hydroxylation is 3. The van der Waals surface area contributed by atoms with E-state index >= 15 is 0 Å². The van der Waals surface area contributed by atoms with Crippen molar-refractivity contribution in [2.75, 3.05) is 110 Å². The van der Waals surface area contributed by atoms with Crippen molar-refractivity contribution in [3.63, 3.8) is 0 Å². The number of benzene rings is 6. The predicted octanol–water partition coefficient (Wildman–Crippen LogP) is 10.1. The van der Waals surface area contributed by atoms with Crippen LogP contribution in [-0.2, 0) is 75.8 Å². The molecule has 6 unspecified atom stereocenters. The predicted molar refractivity (Wildman–Crippen MR) is 501 cm³/mol. The maximum absolute atomic E-state index is 14.7. The first-order valence-corrected chi connectivity index (χ1v) is 45.5. The number of thioether (sulfide) groups is 1. The number of esters is 2. The number of nitrogens with zero attached hydrogens (tertiary/aromatic N) is 7. The van der Waals surface area contributed by atoms with Gasteiger partial charge >= 0.3 is 11.9 Å².